The van der Waals surface area contributed by atoms with Crippen molar-refractivity contribution in [2.45, 2.75) is 6.92 Å². The molecule has 0 aromatic carbocycles. The molecule has 2 rings (SSSR count). The van der Waals surface area contributed by atoms with Crippen molar-refractivity contribution in [3.05, 3.63) is 29.9 Å². The molecule has 0 bridgehead atoms. The van der Waals surface area contributed by atoms with Gasteiger partial charge in [-0.15, -0.1) is 0 Å². The first-order chi connectivity index (χ1) is 7.59. The molecule has 0 unspecified atom stereocenters. The zero-order valence-corrected chi connectivity index (χ0v) is 9.02. The van der Waals surface area contributed by atoms with Gasteiger partial charge in [0.05, 0.1) is 18.1 Å². The first-order valence-electron chi connectivity index (χ1n) is 4.72. The van der Waals surface area contributed by atoms with E-state index in [1.54, 1.807) is 20.0 Å². The van der Waals surface area contributed by atoms with Gasteiger partial charge in [0.2, 0.25) is 0 Å². The van der Waals surface area contributed by atoms with Crippen LogP contribution in [-0.2, 0) is 7.05 Å². The Morgan fingerprint density at radius 1 is 1.62 bits per heavy atom. The number of carbonyl (C=O) groups excluding carboxylic acids is 1. The number of carbonyl (C=O) groups is 1. The molecule has 3 N–H and O–H groups in total. The maximum absolute atomic E-state index is 11.8. The Balaban J connectivity index is 2.24. The van der Waals surface area contributed by atoms with Crippen LogP contribution in [0, 0.1) is 6.92 Å². The minimum absolute atomic E-state index is 0.278. The van der Waals surface area contributed by atoms with E-state index >= 15 is 0 Å². The average Bonchev–Trinajstić information content (AvgIpc) is 2.79. The lowest BCUT2D eigenvalue weighted by molar-refractivity contribution is 0.0995. The summed E-state index contributed by atoms with van der Waals surface area (Å²) in [5.41, 5.74) is 6.85. The number of nitrogens with one attached hydrogen (secondary N) is 1. The van der Waals surface area contributed by atoms with Crippen molar-refractivity contribution in [1.29, 1.82) is 0 Å². The SMILES string of the molecule is Cc1ccoc1C(=O)Nc1c(N)cnn1C. The Hall–Kier alpha value is -2.24. The molecule has 0 radical (unpaired) electrons. The summed E-state index contributed by atoms with van der Waals surface area (Å²) in [4.78, 5) is 11.8. The molecule has 2 aromatic heterocycles. The molecule has 2 heterocycles. The van der Waals surface area contributed by atoms with Gasteiger partial charge < -0.3 is 15.5 Å². The summed E-state index contributed by atoms with van der Waals surface area (Å²) in [7, 11) is 1.70. The number of rotatable bonds is 2. The zero-order chi connectivity index (χ0) is 11.7. The molecule has 0 aliphatic carbocycles. The fourth-order valence-corrected chi connectivity index (χ4v) is 1.38. The molecule has 2 aromatic rings. The zero-order valence-electron chi connectivity index (χ0n) is 9.02. The highest BCUT2D eigenvalue weighted by Crippen LogP contribution is 2.18. The standard InChI is InChI=1S/C10H12N4O2/c1-6-3-4-16-8(6)10(15)13-9-7(11)5-12-14(9)2/h3-5H,11H2,1-2H3,(H,13,15). The molecule has 6 heteroatoms. The van der Waals surface area contributed by atoms with Gasteiger partial charge in [0, 0.05) is 12.6 Å². The van der Waals surface area contributed by atoms with E-state index in [9.17, 15) is 4.79 Å². The maximum atomic E-state index is 11.8. The molecule has 0 aliphatic heterocycles. The number of anilines is 2. The Bertz CT molecular complexity index is 507. The van der Waals surface area contributed by atoms with Gasteiger partial charge in [0.15, 0.2) is 11.6 Å². The van der Waals surface area contributed by atoms with Crippen LogP contribution >= 0.6 is 0 Å². The van der Waals surface area contributed by atoms with Gasteiger partial charge in [-0.2, -0.15) is 5.10 Å². The molecule has 0 saturated carbocycles. The van der Waals surface area contributed by atoms with Gasteiger partial charge in [-0.3, -0.25) is 9.48 Å². The number of nitrogen functional groups attached to an aromatic ring is 1. The Labute approximate surface area is 92.0 Å². The van der Waals surface area contributed by atoms with E-state index < -0.39 is 0 Å². The highest BCUT2D eigenvalue weighted by molar-refractivity contribution is 6.04. The van der Waals surface area contributed by atoms with Crippen LogP contribution in [0.4, 0.5) is 11.5 Å². The largest absolute Gasteiger partial charge is 0.459 e. The van der Waals surface area contributed by atoms with Crippen molar-refractivity contribution < 1.29 is 9.21 Å². The number of nitrogens with zero attached hydrogens (tertiary/aromatic N) is 2. The molecular weight excluding hydrogens is 208 g/mol. The number of furan rings is 1. The van der Waals surface area contributed by atoms with Crippen molar-refractivity contribution in [2.24, 2.45) is 7.05 Å². The summed E-state index contributed by atoms with van der Waals surface area (Å²) >= 11 is 0. The lowest BCUT2D eigenvalue weighted by Crippen LogP contribution is -2.15. The number of hydrogen-bond donors (Lipinski definition) is 2. The number of aromatic nitrogens is 2. The predicted molar refractivity (Wildman–Crippen MR) is 59.0 cm³/mol. The second-order valence-electron chi connectivity index (χ2n) is 3.46. The van der Waals surface area contributed by atoms with Crippen LogP contribution < -0.4 is 11.1 Å². The van der Waals surface area contributed by atoms with E-state index in [0.29, 0.717) is 11.5 Å². The maximum Gasteiger partial charge on any atom is 0.292 e. The second kappa shape index (κ2) is 3.73. The van der Waals surface area contributed by atoms with Gasteiger partial charge in [0.1, 0.15) is 0 Å². The van der Waals surface area contributed by atoms with Gasteiger partial charge in [-0.05, 0) is 13.0 Å². The van der Waals surface area contributed by atoms with E-state index in [2.05, 4.69) is 10.4 Å². The molecule has 1 amide bonds. The van der Waals surface area contributed by atoms with Crippen LogP contribution in [0.15, 0.2) is 22.9 Å². The van der Waals surface area contributed by atoms with Crippen LogP contribution in [0.5, 0.6) is 0 Å². The third-order valence-electron chi connectivity index (χ3n) is 2.27. The monoisotopic (exact) mass is 220 g/mol. The predicted octanol–water partition coefficient (Wildman–Crippen LogP) is 1.16. The number of hydrogen-bond acceptors (Lipinski definition) is 4. The molecule has 84 valence electrons. The van der Waals surface area contributed by atoms with Crippen molar-refractivity contribution in [3.8, 4) is 0 Å². The van der Waals surface area contributed by atoms with E-state index in [1.807, 2.05) is 0 Å². The molecule has 0 atom stereocenters. The van der Waals surface area contributed by atoms with Crippen LogP contribution in [0.2, 0.25) is 0 Å². The lowest BCUT2D eigenvalue weighted by Gasteiger charge is -2.05. The Morgan fingerprint density at radius 3 is 2.88 bits per heavy atom. The number of nitrogens with two attached hydrogens (primary N) is 1. The van der Waals surface area contributed by atoms with Crippen molar-refractivity contribution >= 4 is 17.4 Å². The van der Waals surface area contributed by atoms with Crippen LogP contribution in [0.25, 0.3) is 0 Å². The molecular formula is C10H12N4O2. The first-order valence-corrected chi connectivity index (χ1v) is 4.72. The number of aryl methyl sites for hydroxylation is 2. The first kappa shape index (κ1) is 10.3. The topological polar surface area (TPSA) is 86.1 Å². The normalized spacial score (nSPS) is 10.4. The van der Waals surface area contributed by atoms with Gasteiger partial charge in [-0.1, -0.05) is 0 Å². The average molecular weight is 220 g/mol. The quantitative estimate of drug-likeness (QED) is 0.795. The summed E-state index contributed by atoms with van der Waals surface area (Å²) in [6.07, 6.45) is 2.95. The minimum Gasteiger partial charge on any atom is -0.459 e. The van der Waals surface area contributed by atoms with E-state index in [-0.39, 0.29) is 11.7 Å². The second-order valence-corrected chi connectivity index (χ2v) is 3.46. The van der Waals surface area contributed by atoms with Gasteiger partial charge >= 0.3 is 0 Å². The Kier molecular flexibility index (Phi) is 2.40. The third kappa shape index (κ3) is 1.65. The molecule has 0 saturated heterocycles. The minimum atomic E-state index is -0.335. The third-order valence-corrected chi connectivity index (χ3v) is 2.27. The number of amides is 1. The van der Waals surface area contributed by atoms with Gasteiger partial charge in [0.25, 0.3) is 5.91 Å². The van der Waals surface area contributed by atoms with Crippen LogP contribution in [-0.4, -0.2) is 15.7 Å². The summed E-state index contributed by atoms with van der Waals surface area (Å²) in [6.45, 7) is 1.80. The smallest absolute Gasteiger partial charge is 0.292 e. The van der Waals surface area contributed by atoms with Crippen molar-refractivity contribution in [2.75, 3.05) is 11.1 Å². The summed E-state index contributed by atoms with van der Waals surface area (Å²) < 4.78 is 6.56. The molecule has 0 aliphatic rings. The fraction of sp³-hybridized carbons (Fsp3) is 0.200. The van der Waals surface area contributed by atoms with Crippen LogP contribution in [0.3, 0.4) is 0 Å². The summed E-state index contributed by atoms with van der Waals surface area (Å²) in [6, 6.07) is 1.72. The van der Waals surface area contributed by atoms with E-state index in [1.165, 1.54) is 17.1 Å². The highest BCUT2D eigenvalue weighted by atomic mass is 16.3. The highest BCUT2D eigenvalue weighted by Gasteiger charge is 2.15. The van der Waals surface area contributed by atoms with Gasteiger partial charge in [-0.25, -0.2) is 0 Å². The van der Waals surface area contributed by atoms with Crippen molar-refractivity contribution in [3.63, 3.8) is 0 Å². The van der Waals surface area contributed by atoms with Crippen LogP contribution in [0.1, 0.15) is 16.1 Å². The molecule has 0 fully saturated rings. The Morgan fingerprint density at radius 2 is 2.38 bits per heavy atom. The fourth-order valence-electron chi connectivity index (χ4n) is 1.38. The molecule has 6 nitrogen and oxygen atoms in total. The van der Waals surface area contributed by atoms with E-state index in [0.717, 1.165) is 5.56 Å². The van der Waals surface area contributed by atoms with E-state index in [4.69, 9.17) is 10.2 Å². The molecule has 16 heavy (non-hydrogen) atoms. The summed E-state index contributed by atoms with van der Waals surface area (Å²) in [5, 5.41) is 6.56. The lowest BCUT2D eigenvalue weighted by atomic mass is 10.3. The molecule has 0 spiro atoms. The van der Waals surface area contributed by atoms with Crippen molar-refractivity contribution in [1.82, 2.24) is 9.78 Å². The summed E-state index contributed by atoms with van der Waals surface area (Å²) in [5.74, 6) is 0.402.